The van der Waals surface area contributed by atoms with Gasteiger partial charge in [0.1, 0.15) is 5.04 Å². The number of nitrogens with zero attached hydrogens (tertiary/aromatic N) is 1. The van der Waals surface area contributed by atoms with Crippen LogP contribution in [0.1, 0.15) is 6.92 Å². The Morgan fingerprint density at radius 2 is 1.42 bits per heavy atom. The van der Waals surface area contributed by atoms with Crippen LogP contribution in [0.25, 0.3) is 0 Å². The van der Waals surface area contributed by atoms with Gasteiger partial charge in [-0.15, -0.1) is 0 Å². The van der Waals surface area contributed by atoms with Crippen LogP contribution >= 0.6 is 35.1 Å². The van der Waals surface area contributed by atoms with Gasteiger partial charge in [0, 0.05) is 14.8 Å². The Labute approximate surface area is 168 Å². The van der Waals surface area contributed by atoms with Crippen LogP contribution in [0, 0.1) is 0 Å². The van der Waals surface area contributed by atoms with Crippen molar-refractivity contribution in [3.63, 3.8) is 0 Å². The Hall–Kier alpha value is -1.94. The van der Waals surface area contributed by atoms with Gasteiger partial charge in [0.25, 0.3) is 0 Å². The highest BCUT2D eigenvalue weighted by atomic mass is 35.5. The van der Waals surface area contributed by atoms with Crippen molar-refractivity contribution in [2.24, 2.45) is 4.99 Å². The summed E-state index contributed by atoms with van der Waals surface area (Å²) in [6, 6.07) is 28.2. The lowest BCUT2D eigenvalue weighted by Gasteiger charge is -2.08. The van der Waals surface area contributed by atoms with E-state index < -0.39 is 0 Å². The van der Waals surface area contributed by atoms with Crippen LogP contribution in [-0.4, -0.2) is 5.04 Å². The van der Waals surface area contributed by atoms with Gasteiger partial charge in [-0.25, -0.2) is 4.99 Å². The standard InChI is InChI=1S/C22H18ClNS2/c1-17(16-25-20-10-6-3-7-11-20)22(24-19-8-4-2-5-9-19)26-21-14-12-18(23)13-15-21/h2-16H,1H3/b17-16+,24-22+. The van der Waals surface area contributed by atoms with Gasteiger partial charge in [-0.1, -0.05) is 71.5 Å². The van der Waals surface area contributed by atoms with Gasteiger partial charge >= 0.3 is 0 Å². The molecule has 3 rings (SSSR count). The molecule has 0 aliphatic rings. The Morgan fingerprint density at radius 1 is 0.808 bits per heavy atom. The van der Waals surface area contributed by atoms with Crippen molar-refractivity contribution in [1.82, 2.24) is 0 Å². The van der Waals surface area contributed by atoms with Crippen LogP contribution in [0.15, 0.2) is 111 Å². The summed E-state index contributed by atoms with van der Waals surface area (Å²) in [5.41, 5.74) is 2.07. The van der Waals surface area contributed by atoms with Gasteiger partial charge in [0.15, 0.2) is 0 Å². The van der Waals surface area contributed by atoms with E-state index in [2.05, 4.69) is 24.5 Å². The quantitative estimate of drug-likeness (QED) is 0.247. The normalized spacial score (nSPS) is 12.2. The summed E-state index contributed by atoms with van der Waals surface area (Å²) in [7, 11) is 0. The topological polar surface area (TPSA) is 12.4 Å². The fourth-order valence-electron chi connectivity index (χ4n) is 2.13. The van der Waals surface area contributed by atoms with Crippen LogP contribution in [0.2, 0.25) is 5.02 Å². The maximum atomic E-state index is 6.00. The Morgan fingerprint density at radius 3 is 2.08 bits per heavy atom. The summed E-state index contributed by atoms with van der Waals surface area (Å²) in [5, 5.41) is 3.87. The number of hydrogen-bond donors (Lipinski definition) is 0. The Balaban J connectivity index is 1.86. The maximum Gasteiger partial charge on any atom is 0.105 e. The van der Waals surface area contributed by atoms with Crippen LogP contribution in [0.3, 0.4) is 0 Å². The third-order valence-electron chi connectivity index (χ3n) is 3.47. The first-order chi connectivity index (χ1) is 12.7. The van der Waals surface area contributed by atoms with Crippen molar-refractivity contribution in [2.75, 3.05) is 0 Å². The third-order valence-corrected chi connectivity index (χ3v) is 5.85. The predicted molar refractivity (Wildman–Crippen MR) is 117 cm³/mol. The minimum atomic E-state index is 0.739. The summed E-state index contributed by atoms with van der Waals surface area (Å²) in [6.45, 7) is 2.10. The number of para-hydroxylation sites is 1. The summed E-state index contributed by atoms with van der Waals surface area (Å²) in [5.74, 6) is 0. The molecule has 0 saturated heterocycles. The highest BCUT2D eigenvalue weighted by Crippen LogP contribution is 2.29. The molecule has 4 heteroatoms. The lowest BCUT2D eigenvalue weighted by atomic mass is 10.3. The molecular formula is C22H18ClNS2. The highest BCUT2D eigenvalue weighted by molar-refractivity contribution is 8.14. The second-order valence-electron chi connectivity index (χ2n) is 5.54. The van der Waals surface area contributed by atoms with Crippen LogP contribution in [-0.2, 0) is 0 Å². The van der Waals surface area contributed by atoms with E-state index in [1.807, 2.05) is 72.8 Å². The first-order valence-electron chi connectivity index (χ1n) is 8.17. The average Bonchev–Trinajstić information content (AvgIpc) is 2.69. The molecule has 0 heterocycles. The van der Waals surface area contributed by atoms with Gasteiger partial charge < -0.3 is 0 Å². The number of rotatable bonds is 5. The minimum absolute atomic E-state index is 0.739. The zero-order valence-electron chi connectivity index (χ0n) is 14.3. The van der Waals surface area contributed by atoms with Gasteiger partial charge in [-0.3, -0.25) is 0 Å². The molecule has 26 heavy (non-hydrogen) atoms. The molecule has 3 aromatic rings. The SMILES string of the molecule is CC(=C\Sc1ccccc1)/C(=N\c1ccccc1)Sc1ccc(Cl)cc1. The zero-order valence-corrected chi connectivity index (χ0v) is 16.7. The summed E-state index contributed by atoms with van der Waals surface area (Å²) in [4.78, 5) is 7.18. The first kappa shape index (κ1) is 18.8. The van der Waals surface area contributed by atoms with Crippen molar-refractivity contribution in [3.8, 4) is 0 Å². The van der Waals surface area contributed by atoms with Crippen molar-refractivity contribution in [2.45, 2.75) is 16.7 Å². The number of aliphatic imine (C=N–C) groups is 1. The highest BCUT2D eigenvalue weighted by Gasteiger charge is 2.07. The Bertz CT molecular complexity index is 888. The lowest BCUT2D eigenvalue weighted by Crippen LogP contribution is -1.94. The molecule has 0 radical (unpaired) electrons. The average molecular weight is 396 g/mol. The summed E-state index contributed by atoms with van der Waals surface area (Å²) in [6.07, 6.45) is 0. The maximum absolute atomic E-state index is 6.00. The number of hydrogen-bond acceptors (Lipinski definition) is 3. The molecular weight excluding hydrogens is 378 g/mol. The van der Waals surface area contributed by atoms with Crippen LogP contribution < -0.4 is 0 Å². The van der Waals surface area contributed by atoms with E-state index in [-0.39, 0.29) is 0 Å². The van der Waals surface area contributed by atoms with Gasteiger partial charge in [-0.05, 0) is 66.4 Å². The molecule has 0 aliphatic carbocycles. The second kappa shape index (κ2) is 9.67. The van der Waals surface area contributed by atoms with E-state index in [0.29, 0.717) is 0 Å². The molecule has 1 nitrogen and oxygen atoms in total. The van der Waals surface area contributed by atoms with Gasteiger partial charge in [-0.2, -0.15) is 0 Å². The minimum Gasteiger partial charge on any atom is -0.241 e. The molecule has 0 bridgehead atoms. The van der Waals surface area contributed by atoms with E-state index in [1.54, 1.807) is 23.5 Å². The van der Waals surface area contributed by atoms with Gasteiger partial charge in [0.05, 0.1) is 5.69 Å². The monoisotopic (exact) mass is 395 g/mol. The number of halogens is 1. The lowest BCUT2D eigenvalue weighted by molar-refractivity contribution is 1.46. The van der Waals surface area contributed by atoms with Gasteiger partial charge in [0.2, 0.25) is 0 Å². The molecule has 0 atom stereocenters. The molecule has 0 spiro atoms. The van der Waals surface area contributed by atoms with E-state index in [0.717, 1.165) is 26.2 Å². The molecule has 130 valence electrons. The predicted octanol–water partition coefficient (Wildman–Crippen LogP) is 7.86. The fourth-order valence-corrected chi connectivity index (χ4v) is 3.94. The Kier molecular flexibility index (Phi) is 7.01. The number of thioether (sulfide) groups is 2. The molecule has 0 fully saturated rings. The number of benzene rings is 3. The van der Waals surface area contributed by atoms with Crippen LogP contribution in [0.4, 0.5) is 5.69 Å². The second-order valence-corrected chi connectivity index (χ2v) is 7.98. The van der Waals surface area contributed by atoms with E-state index >= 15 is 0 Å². The van der Waals surface area contributed by atoms with E-state index in [1.165, 1.54) is 4.90 Å². The molecule has 0 aliphatic heterocycles. The smallest absolute Gasteiger partial charge is 0.105 e. The molecule has 0 unspecified atom stereocenters. The van der Waals surface area contributed by atoms with Crippen LogP contribution in [0.5, 0.6) is 0 Å². The molecule has 0 aromatic heterocycles. The van der Waals surface area contributed by atoms with Crippen molar-refractivity contribution >= 4 is 45.9 Å². The van der Waals surface area contributed by atoms with Crippen molar-refractivity contribution in [3.05, 3.63) is 101 Å². The summed E-state index contributed by atoms with van der Waals surface area (Å²) < 4.78 is 0. The zero-order chi connectivity index (χ0) is 18.2. The molecule has 3 aromatic carbocycles. The fraction of sp³-hybridized carbons (Fsp3) is 0.0455. The third kappa shape index (κ3) is 5.80. The van der Waals surface area contributed by atoms with Crippen molar-refractivity contribution in [1.29, 1.82) is 0 Å². The molecule has 0 saturated carbocycles. The van der Waals surface area contributed by atoms with E-state index in [9.17, 15) is 0 Å². The molecule has 0 N–H and O–H groups in total. The first-order valence-corrected chi connectivity index (χ1v) is 10.2. The van der Waals surface area contributed by atoms with E-state index in [4.69, 9.17) is 16.6 Å². The molecule has 0 amide bonds. The summed E-state index contributed by atoms with van der Waals surface area (Å²) >= 11 is 9.35. The largest absolute Gasteiger partial charge is 0.241 e. The van der Waals surface area contributed by atoms with Crippen molar-refractivity contribution < 1.29 is 0 Å².